The van der Waals surface area contributed by atoms with E-state index in [9.17, 15) is 19.1 Å². The van der Waals surface area contributed by atoms with E-state index in [1.807, 2.05) is 0 Å². The van der Waals surface area contributed by atoms with Gasteiger partial charge in [-0.1, -0.05) is 24.3 Å². The molecule has 5 nitrogen and oxygen atoms in total. The summed E-state index contributed by atoms with van der Waals surface area (Å²) >= 11 is 0. The predicted molar refractivity (Wildman–Crippen MR) is 90.8 cm³/mol. The summed E-state index contributed by atoms with van der Waals surface area (Å²) in [6, 6.07) is 13.1. The van der Waals surface area contributed by atoms with Crippen LogP contribution in [0.3, 0.4) is 0 Å². The standard InChI is InChI=1S/C19H16FNO4/c1-19(24,12-6-8-13(20)9-7-12)11-21-18(23)17-10-15(22)14-4-2-3-5-16(14)25-17/h2-10,24H,11H2,1H3,(H,21,23). The molecule has 0 saturated heterocycles. The third-order valence-electron chi connectivity index (χ3n) is 3.92. The number of para-hydroxylation sites is 1. The summed E-state index contributed by atoms with van der Waals surface area (Å²) in [4.78, 5) is 24.3. The summed E-state index contributed by atoms with van der Waals surface area (Å²) in [5.74, 6) is -1.18. The van der Waals surface area contributed by atoms with Gasteiger partial charge in [-0.3, -0.25) is 9.59 Å². The zero-order valence-corrected chi connectivity index (χ0v) is 13.5. The smallest absolute Gasteiger partial charge is 0.287 e. The molecule has 1 atom stereocenters. The maximum absolute atomic E-state index is 13.0. The van der Waals surface area contributed by atoms with Crippen molar-refractivity contribution in [3.05, 3.63) is 82.0 Å². The summed E-state index contributed by atoms with van der Waals surface area (Å²) < 4.78 is 18.4. The number of halogens is 1. The van der Waals surface area contributed by atoms with E-state index in [4.69, 9.17) is 4.42 Å². The Hall–Kier alpha value is -2.99. The molecule has 0 saturated carbocycles. The summed E-state index contributed by atoms with van der Waals surface area (Å²) in [6.45, 7) is 1.37. The van der Waals surface area contributed by atoms with E-state index in [-0.39, 0.29) is 17.7 Å². The van der Waals surface area contributed by atoms with Gasteiger partial charge in [0.1, 0.15) is 17.0 Å². The Kier molecular flexibility index (Phi) is 4.37. The van der Waals surface area contributed by atoms with Crippen LogP contribution < -0.4 is 10.7 Å². The van der Waals surface area contributed by atoms with Crippen LogP contribution in [-0.4, -0.2) is 17.6 Å². The Balaban J connectivity index is 1.78. The van der Waals surface area contributed by atoms with Gasteiger partial charge in [0, 0.05) is 6.07 Å². The van der Waals surface area contributed by atoms with Crippen molar-refractivity contribution in [1.82, 2.24) is 5.32 Å². The van der Waals surface area contributed by atoms with Crippen molar-refractivity contribution in [2.75, 3.05) is 6.54 Å². The molecule has 1 unspecified atom stereocenters. The highest BCUT2D eigenvalue weighted by molar-refractivity contribution is 5.93. The first-order chi connectivity index (χ1) is 11.9. The first kappa shape index (κ1) is 16.9. The molecule has 0 aliphatic carbocycles. The summed E-state index contributed by atoms with van der Waals surface area (Å²) in [5.41, 5.74) is -0.961. The maximum Gasteiger partial charge on any atom is 0.287 e. The van der Waals surface area contributed by atoms with Crippen molar-refractivity contribution < 1.29 is 18.7 Å². The molecule has 2 aromatic carbocycles. The number of hydrogen-bond donors (Lipinski definition) is 2. The van der Waals surface area contributed by atoms with Crippen LogP contribution in [0.2, 0.25) is 0 Å². The molecule has 0 aliphatic heterocycles. The fraction of sp³-hybridized carbons (Fsp3) is 0.158. The van der Waals surface area contributed by atoms with E-state index in [2.05, 4.69) is 5.32 Å². The Morgan fingerprint density at radius 2 is 1.88 bits per heavy atom. The van der Waals surface area contributed by atoms with Crippen LogP contribution in [0, 0.1) is 5.82 Å². The number of carbonyl (C=O) groups excluding carboxylic acids is 1. The predicted octanol–water partition coefficient (Wildman–Crippen LogP) is 2.57. The molecule has 3 aromatic rings. The van der Waals surface area contributed by atoms with Gasteiger partial charge in [0.05, 0.1) is 11.9 Å². The minimum Gasteiger partial charge on any atom is -0.451 e. The number of hydrogen-bond acceptors (Lipinski definition) is 4. The molecule has 0 radical (unpaired) electrons. The van der Waals surface area contributed by atoms with Gasteiger partial charge in [-0.2, -0.15) is 0 Å². The Bertz CT molecular complexity index is 977. The van der Waals surface area contributed by atoms with Crippen molar-refractivity contribution >= 4 is 16.9 Å². The fourth-order valence-corrected chi connectivity index (χ4v) is 2.47. The minimum atomic E-state index is -1.40. The molecule has 0 bridgehead atoms. The second-order valence-electron chi connectivity index (χ2n) is 5.93. The highest BCUT2D eigenvalue weighted by atomic mass is 19.1. The molecular formula is C19H16FNO4. The Morgan fingerprint density at radius 3 is 2.60 bits per heavy atom. The number of benzene rings is 2. The second-order valence-corrected chi connectivity index (χ2v) is 5.93. The molecule has 3 rings (SSSR count). The molecule has 1 heterocycles. The summed E-state index contributed by atoms with van der Waals surface area (Å²) in [6.07, 6.45) is 0. The van der Waals surface area contributed by atoms with Crippen LogP contribution in [-0.2, 0) is 5.60 Å². The lowest BCUT2D eigenvalue weighted by molar-refractivity contribution is 0.0518. The summed E-state index contributed by atoms with van der Waals surface area (Å²) in [7, 11) is 0. The van der Waals surface area contributed by atoms with E-state index < -0.39 is 17.3 Å². The topological polar surface area (TPSA) is 79.5 Å². The van der Waals surface area contributed by atoms with Gasteiger partial charge in [0.2, 0.25) is 0 Å². The lowest BCUT2D eigenvalue weighted by Crippen LogP contribution is -2.38. The molecule has 6 heteroatoms. The van der Waals surface area contributed by atoms with Crippen molar-refractivity contribution in [2.24, 2.45) is 0 Å². The van der Waals surface area contributed by atoms with E-state index in [1.165, 1.54) is 31.2 Å². The van der Waals surface area contributed by atoms with Crippen LogP contribution in [0.5, 0.6) is 0 Å². The monoisotopic (exact) mass is 341 g/mol. The number of amides is 1. The van der Waals surface area contributed by atoms with Gasteiger partial charge in [-0.25, -0.2) is 4.39 Å². The third kappa shape index (κ3) is 3.59. The van der Waals surface area contributed by atoms with Crippen molar-refractivity contribution in [1.29, 1.82) is 0 Å². The number of carbonyl (C=O) groups is 1. The van der Waals surface area contributed by atoms with Crippen LogP contribution in [0.15, 0.2) is 63.8 Å². The lowest BCUT2D eigenvalue weighted by atomic mass is 9.96. The van der Waals surface area contributed by atoms with Crippen molar-refractivity contribution in [2.45, 2.75) is 12.5 Å². The van der Waals surface area contributed by atoms with E-state index >= 15 is 0 Å². The molecule has 0 aliphatic rings. The second kappa shape index (κ2) is 6.49. The van der Waals surface area contributed by atoms with Crippen LogP contribution in [0.4, 0.5) is 4.39 Å². The average molecular weight is 341 g/mol. The SMILES string of the molecule is CC(O)(CNC(=O)c1cc(=O)c2ccccc2o1)c1ccc(F)cc1. The van der Waals surface area contributed by atoms with E-state index in [1.54, 1.807) is 24.3 Å². The zero-order chi connectivity index (χ0) is 18.0. The molecular weight excluding hydrogens is 325 g/mol. The van der Waals surface area contributed by atoms with Gasteiger partial charge >= 0.3 is 0 Å². The number of aliphatic hydroxyl groups is 1. The largest absolute Gasteiger partial charge is 0.451 e. The quantitative estimate of drug-likeness (QED) is 0.764. The van der Waals surface area contributed by atoms with Gasteiger partial charge in [-0.05, 0) is 36.8 Å². The van der Waals surface area contributed by atoms with Gasteiger partial charge in [0.15, 0.2) is 11.2 Å². The van der Waals surface area contributed by atoms with Gasteiger partial charge in [0.25, 0.3) is 5.91 Å². The molecule has 128 valence electrons. The highest BCUT2D eigenvalue weighted by Gasteiger charge is 2.24. The Labute approximate surface area is 142 Å². The van der Waals surface area contributed by atoms with Gasteiger partial charge < -0.3 is 14.8 Å². The fourth-order valence-electron chi connectivity index (χ4n) is 2.47. The number of rotatable bonds is 4. The van der Waals surface area contributed by atoms with Crippen LogP contribution in [0.25, 0.3) is 11.0 Å². The van der Waals surface area contributed by atoms with Crippen molar-refractivity contribution in [3.8, 4) is 0 Å². The third-order valence-corrected chi connectivity index (χ3v) is 3.92. The molecule has 0 fully saturated rings. The molecule has 0 spiro atoms. The minimum absolute atomic E-state index is 0.131. The normalized spacial score (nSPS) is 13.4. The molecule has 25 heavy (non-hydrogen) atoms. The van der Waals surface area contributed by atoms with E-state index in [0.717, 1.165) is 6.07 Å². The average Bonchev–Trinajstić information content (AvgIpc) is 2.60. The molecule has 1 aromatic heterocycles. The van der Waals surface area contributed by atoms with Crippen LogP contribution >= 0.6 is 0 Å². The number of fused-ring (bicyclic) bond motifs is 1. The Morgan fingerprint density at radius 1 is 1.20 bits per heavy atom. The first-order valence-corrected chi connectivity index (χ1v) is 7.66. The van der Waals surface area contributed by atoms with Crippen LogP contribution in [0.1, 0.15) is 23.0 Å². The lowest BCUT2D eigenvalue weighted by Gasteiger charge is -2.24. The zero-order valence-electron chi connectivity index (χ0n) is 13.5. The highest BCUT2D eigenvalue weighted by Crippen LogP contribution is 2.20. The first-order valence-electron chi connectivity index (χ1n) is 7.66. The summed E-state index contributed by atoms with van der Waals surface area (Å²) in [5, 5.41) is 13.4. The van der Waals surface area contributed by atoms with Crippen molar-refractivity contribution in [3.63, 3.8) is 0 Å². The van der Waals surface area contributed by atoms with E-state index in [0.29, 0.717) is 16.5 Å². The molecule has 2 N–H and O–H groups in total. The van der Waals surface area contributed by atoms with Gasteiger partial charge in [-0.15, -0.1) is 0 Å². The number of nitrogens with one attached hydrogen (secondary N) is 1. The molecule has 1 amide bonds. The maximum atomic E-state index is 13.0.